The van der Waals surface area contributed by atoms with Gasteiger partial charge in [0.25, 0.3) is 0 Å². The number of methoxy groups -OCH3 is 1. The lowest BCUT2D eigenvalue weighted by Crippen LogP contribution is -2.37. The van der Waals surface area contributed by atoms with Crippen LogP contribution in [-0.2, 0) is 30.0 Å². The molecule has 1 aliphatic rings. The predicted molar refractivity (Wildman–Crippen MR) is 97.0 cm³/mol. The summed E-state index contributed by atoms with van der Waals surface area (Å²) < 4.78 is 7.94. The number of ether oxygens (including phenoxy) is 1. The summed E-state index contributed by atoms with van der Waals surface area (Å²) in [5.41, 5.74) is 2.45. The van der Waals surface area contributed by atoms with Gasteiger partial charge in [0.15, 0.2) is 0 Å². The zero-order valence-electron chi connectivity index (χ0n) is 15.4. The monoisotopic (exact) mass is 360 g/mol. The molecule has 8 nitrogen and oxygen atoms in total. The summed E-state index contributed by atoms with van der Waals surface area (Å²) in [4.78, 5) is 39.8. The molecule has 1 saturated heterocycles. The summed E-state index contributed by atoms with van der Waals surface area (Å²) in [5, 5.41) is 0. The van der Waals surface area contributed by atoms with E-state index in [1.54, 1.807) is 33.0 Å². The van der Waals surface area contributed by atoms with Crippen LogP contribution >= 0.6 is 0 Å². The van der Waals surface area contributed by atoms with Crippen molar-refractivity contribution >= 4 is 23.0 Å². The molecular formula is C18H24N4O4. The van der Waals surface area contributed by atoms with E-state index in [-0.39, 0.29) is 24.1 Å². The van der Waals surface area contributed by atoms with Crippen molar-refractivity contribution in [1.29, 1.82) is 0 Å². The van der Waals surface area contributed by atoms with E-state index in [0.29, 0.717) is 26.2 Å². The number of carbonyl (C=O) groups excluding carboxylic acids is 2. The Bertz CT molecular complexity index is 898. The maximum absolute atomic E-state index is 12.7. The van der Waals surface area contributed by atoms with Crippen LogP contribution in [0.3, 0.4) is 0 Å². The summed E-state index contributed by atoms with van der Waals surface area (Å²) in [6.45, 7) is 2.19. The summed E-state index contributed by atoms with van der Waals surface area (Å²) in [6, 6.07) is 5.66. The molecule has 0 unspecified atom stereocenters. The molecule has 0 bridgehead atoms. The van der Waals surface area contributed by atoms with Gasteiger partial charge in [0.05, 0.1) is 24.6 Å². The summed E-state index contributed by atoms with van der Waals surface area (Å²) in [6.07, 6.45) is 0.652. The second-order valence-corrected chi connectivity index (χ2v) is 6.59. The zero-order valence-corrected chi connectivity index (χ0v) is 15.4. The van der Waals surface area contributed by atoms with Gasteiger partial charge in [-0.1, -0.05) is 6.07 Å². The van der Waals surface area contributed by atoms with Crippen molar-refractivity contribution < 1.29 is 14.3 Å². The van der Waals surface area contributed by atoms with Crippen LogP contribution in [0, 0.1) is 0 Å². The minimum absolute atomic E-state index is 0.0250. The third-order valence-corrected chi connectivity index (χ3v) is 4.97. The predicted octanol–water partition coefficient (Wildman–Crippen LogP) is 0.720. The number of amides is 2. The Morgan fingerprint density at radius 1 is 1.00 bits per heavy atom. The number of hydrogen-bond donors (Lipinski definition) is 0. The van der Waals surface area contributed by atoms with Crippen LogP contribution in [0.4, 0.5) is 4.79 Å². The average Bonchev–Trinajstić information content (AvgIpc) is 2.83. The summed E-state index contributed by atoms with van der Waals surface area (Å²) in [5.74, 6) is 0.0250. The molecule has 0 saturated carbocycles. The standard InChI is InChI=1S/C18H24N4O4/c1-19-14-6-5-13(11-15(14)20(2)17(19)24)12-16(23)21-7-4-8-22(10-9-21)18(25)26-3/h5-6,11H,4,7-10,12H2,1-3H3. The van der Waals surface area contributed by atoms with Gasteiger partial charge in [0.1, 0.15) is 0 Å². The minimum Gasteiger partial charge on any atom is -0.453 e. The number of aryl methyl sites for hydroxylation is 2. The first kappa shape index (κ1) is 18.0. The molecule has 1 aliphatic heterocycles. The first-order chi connectivity index (χ1) is 12.4. The van der Waals surface area contributed by atoms with Crippen molar-refractivity contribution in [2.75, 3.05) is 33.3 Å². The zero-order chi connectivity index (χ0) is 18.8. The normalized spacial score (nSPS) is 15.2. The van der Waals surface area contributed by atoms with E-state index >= 15 is 0 Å². The number of fused-ring (bicyclic) bond motifs is 1. The molecule has 2 heterocycles. The van der Waals surface area contributed by atoms with E-state index < -0.39 is 0 Å². The van der Waals surface area contributed by atoms with Crippen LogP contribution in [-0.4, -0.2) is 64.2 Å². The number of rotatable bonds is 2. The van der Waals surface area contributed by atoms with Gasteiger partial charge in [0, 0.05) is 40.3 Å². The van der Waals surface area contributed by atoms with Gasteiger partial charge in [-0.05, 0) is 24.1 Å². The Morgan fingerprint density at radius 3 is 2.38 bits per heavy atom. The number of imidazole rings is 1. The highest BCUT2D eigenvalue weighted by molar-refractivity contribution is 5.82. The highest BCUT2D eigenvalue weighted by atomic mass is 16.5. The Hall–Kier alpha value is -2.77. The molecule has 0 N–H and O–H groups in total. The van der Waals surface area contributed by atoms with Crippen LogP contribution in [0.25, 0.3) is 11.0 Å². The van der Waals surface area contributed by atoms with Crippen LogP contribution in [0.5, 0.6) is 0 Å². The van der Waals surface area contributed by atoms with Gasteiger partial charge in [-0.15, -0.1) is 0 Å². The Balaban J connectivity index is 1.72. The van der Waals surface area contributed by atoms with Gasteiger partial charge in [-0.3, -0.25) is 13.9 Å². The third kappa shape index (κ3) is 3.31. The number of hydrogen-bond acceptors (Lipinski definition) is 4. The fourth-order valence-electron chi connectivity index (χ4n) is 3.43. The van der Waals surface area contributed by atoms with Crippen LogP contribution < -0.4 is 5.69 Å². The quantitative estimate of drug-likeness (QED) is 0.791. The Labute approximate surface area is 151 Å². The second kappa shape index (κ2) is 7.23. The van der Waals surface area contributed by atoms with E-state index in [0.717, 1.165) is 23.0 Å². The van der Waals surface area contributed by atoms with Gasteiger partial charge in [-0.25, -0.2) is 9.59 Å². The average molecular weight is 360 g/mol. The van der Waals surface area contributed by atoms with Crippen molar-refractivity contribution in [3.63, 3.8) is 0 Å². The van der Waals surface area contributed by atoms with Crippen molar-refractivity contribution in [2.24, 2.45) is 14.1 Å². The molecule has 0 atom stereocenters. The second-order valence-electron chi connectivity index (χ2n) is 6.59. The van der Waals surface area contributed by atoms with Crippen molar-refractivity contribution in [3.8, 4) is 0 Å². The molecule has 140 valence electrons. The molecule has 0 spiro atoms. The topological polar surface area (TPSA) is 76.8 Å². The fraction of sp³-hybridized carbons (Fsp3) is 0.500. The molecule has 26 heavy (non-hydrogen) atoms. The van der Waals surface area contributed by atoms with Crippen LogP contribution in [0.15, 0.2) is 23.0 Å². The highest BCUT2D eigenvalue weighted by Gasteiger charge is 2.22. The van der Waals surface area contributed by atoms with Crippen LogP contribution in [0.1, 0.15) is 12.0 Å². The van der Waals surface area contributed by atoms with E-state index in [4.69, 9.17) is 4.74 Å². The Kier molecular flexibility index (Phi) is 5.01. The van der Waals surface area contributed by atoms with Crippen molar-refractivity contribution in [1.82, 2.24) is 18.9 Å². The number of benzene rings is 1. The van der Waals surface area contributed by atoms with Gasteiger partial charge >= 0.3 is 11.8 Å². The largest absolute Gasteiger partial charge is 0.453 e. The maximum Gasteiger partial charge on any atom is 0.409 e. The van der Waals surface area contributed by atoms with Gasteiger partial charge < -0.3 is 14.5 Å². The van der Waals surface area contributed by atoms with Crippen LogP contribution in [0.2, 0.25) is 0 Å². The van der Waals surface area contributed by atoms with E-state index in [1.165, 1.54) is 7.11 Å². The highest BCUT2D eigenvalue weighted by Crippen LogP contribution is 2.15. The molecule has 2 amide bonds. The SMILES string of the molecule is COC(=O)N1CCCN(C(=O)Cc2ccc3c(c2)n(C)c(=O)n3C)CC1. The van der Waals surface area contributed by atoms with E-state index in [1.807, 2.05) is 18.2 Å². The first-order valence-electron chi connectivity index (χ1n) is 8.67. The molecule has 1 aromatic heterocycles. The molecule has 1 aromatic carbocycles. The van der Waals surface area contributed by atoms with Crippen molar-refractivity contribution in [3.05, 3.63) is 34.2 Å². The Morgan fingerprint density at radius 2 is 1.65 bits per heavy atom. The number of nitrogens with zero attached hydrogens (tertiary/aromatic N) is 4. The first-order valence-corrected chi connectivity index (χ1v) is 8.67. The molecule has 0 aliphatic carbocycles. The van der Waals surface area contributed by atoms with Gasteiger partial charge in [-0.2, -0.15) is 0 Å². The fourth-order valence-corrected chi connectivity index (χ4v) is 3.43. The maximum atomic E-state index is 12.7. The lowest BCUT2D eigenvalue weighted by Gasteiger charge is -2.21. The molecule has 3 rings (SSSR count). The molecule has 8 heteroatoms. The van der Waals surface area contributed by atoms with Crippen molar-refractivity contribution in [2.45, 2.75) is 12.8 Å². The summed E-state index contributed by atoms with van der Waals surface area (Å²) in [7, 11) is 4.83. The third-order valence-electron chi connectivity index (χ3n) is 4.97. The lowest BCUT2D eigenvalue weighted by atomic mass is 10.1. The molecular weight excluding hydrogens is 336 g/mol. The number of aromatic nitrogens is 2. The van der Waals surface area contributed by atoms with E-state index in [9.17, 15) is 14.4 Å². The lowest BCUT2D eigenvalue weighted by molar-refractivity contribution is -0.130. The molecule has 0 radical (unpaired) electrons. The molecule has 1 fully saturated rings. The molecule has 2 aromatic rings. The number of carbonyl (C=O) groups is 2. The van der Waals surface area contributed by atoms with E-state index in [2.05, 4.69) is 0 Å². The van der Waals surface area contributed by atoms with Gasteiger partial charge in [0.2, 0.25) is 5.91 Å². The minimum atomic E-state index is -0.352. The summed E-state index contributed by atoms with van der Waals surface area (Å²) >= 11 is 0. The smallest absolute Gasteiger partial charge is 0.409 e.